The van der Waals surface area contributed by atoms with E-state index < -0.39 is 0 Å². The number of methoxy groups -OCH3 is 1. The first kappa shape index (κ1) is 11.2. The number of ether oxygens (including phenoxy) is 1. The Morgan fingerprint density at radius 3 is 2.79 bits per heavy atom. The van der Waals surface area contributed by atoms with Crippen molar-refractivity contribution >= 4 is 21.9 Å². The van der Waals surface area contributed by atoms with Crippen LogP contribution >= 0.6 is 15.9 Å². The summed E-state index contributed by atoms with van der Waals surface area (Å²) < 4.78 is 5.37. The van der Waals surface area contributed by atoms with Crippen molar-refractivity contribution in [3.8, 4) is 0 Å². The SMILES string of the molecule is COC(=O)c1ccc(CCN)cc1Br. The van der Waals surface area contributed by atoms with E-state index in [9.17, 15) is 4.79 Å². The lowest BCUT2D eigenvalue weighted by Crippen LogP contribution is -2.05. The highest BCUT2D eigenvalue weighted by molar-refractivity contribution is 9.10. The van der Waals surface area contributed by atoms with Crippen molar-refractivity contribution in [3.05, 3.63) is 33.8 Å². The van der Waals surface area contributed by atoms with Crippen LogP contribution in [0.2, 0.25) is 0 Å². The largest absolute Gasteiger partial charge is 0.465 e. The van der Waals surface area contributed by atoms with Crippen LogP contribution in [-0.2, 0) is 11.2 Å². The van der Waals surface area contributed by atoms with Crippen LogP contribution in [-0.4, -0.2) is 19.6 Å². The average Bonchev–Trinajstić information content (AvgIpc) is 2.17. The van der Waals surface area contributed by atoms with Gasteiger partial charge in [-0.3, -0.25) is 0 Å². The second kappa shape index (κ2) is 5.12. The van der Waals surface area contributed by atoms with Crippen molar-refractivity contribution in [2.75, 3.05) is 13.7 Å². The normalized spacial score (nSPS) is 9.93. The van der Waals surface area contributed by atoms with Crippen LogP contribution in [0.15, 0.2) is 22.7 Å². The van der Waals surface area contributed by atoms with Gasteiger partial charge in [0.15, 0.2) is 0 Å². The molecule has 0 aromatic heterocycles. The van der Waals surface area contributed by atoms with E-state index in [0.717, 1.165) is 16.5 Å². The van der Waals surface area contributed by atoms with E-state index in [2.05, 4.69) is 20.7 Å². The summed E-state index contributed by atoms with van der Waals surface area (Å²) in [6.45, 7) is 0.601. The Hall–Kier alpha value is -0.870. The topological polar surface area (TPSA) is 52.3 Å². The van der Waals surface area contributed by atoms with E-state index in [4.69, 9.17) is 5.73 Å². The van der Waals surface area contributed by atoms with E-state index >= 15 is 0 Å². The lowest BCUT2D eigenvalue weighted by Gasteiger charge is -2.04. The van der Waals surface area contributed by atoms with E-state index in [1.807, 2.05) is 12.1 Å². The fourth-order valence-corrected chi connectivity index (χ4v) is 1.74. The quantitative estimate of drug-likeness (QED) is 0.840. The van der Waals surface area contributed by atoms with Gasteiger partial charge in [-0.25, -0.2) is 4.79 Å². The predicted molar refractivity (Wildman–Crippen MR) is 58.2 cm³/mol. The van der Waals surface area contributed by atoms with Crippen molar-refractivity contribution in [2.24, 2.45) is 5.73 Å². The van der Waals surface area contributed by atoms with Crippen molar-refractivity contribution in [2.45, 2.75) is 6.42 Å². The maximum absolute atomic E-state index is 11.2. The second-order valence-electron chi connectivity index (χ2n) is 2.84. The van der Waals surface area contributed by atoms with Gasteiger partial charge in [0.05, 0.1) is 12.7 Å². The molecule has 0 aliphatic heterocycles. The Kier molecular flexibility index (Phi) is 4.10. The monoisotopic (exact) mass is 257 g/mol. The first-order valence-electron chi connectivity index (χ1n) is 4.26. The molecule has 0 radical (unpaired) electrons. The summed E-state index contributed by atoms with van der Waals surface area (Å²) in [6, 6.07) is 5.50. The van der Waals surface area contributed by atoms with Gasteiger partial charge in [-0.1, -0.05) is 6.07 Å². The van der Waals surface area contributed by atoms with E-state index in [0.29, 0.717) is 12.1 Å². The zero-order chi connectivity index (χ0) is 10.6. The Morgan fingerprint density at radius 1 is 1.57 bits per heavy atom. The number of carbonyl (C=O) groups excluding carboxylic acids is 1. The van der Waals surface area contributed by atoms with Crippen LogP contribution in [0, 0.1) is 0 Å². The summed E-state index contributed by atoms with van der Waals surface area (Å²) in [5.41, 5.74) is 7.07. The predicted octanol–water partition coefficient (Wildman–Crippen LogP) is 1.74. The van der Waals surface area contributed by atoms with Gasteiger partial charge >= 0.3 is 5.97 Å². The highest BCUT2D eigenvalue weighted by Crippen LogP contribution is 2.19. The number of hydrogen-bond acceptors (Lipinski definition) is 3. The molecule has 0 unspecified atom stereocenters. The van der Waals surface area contributed by atoms with Crippen molar-refractivity contribution in [3.63, 3.8) is 0 Å². The molecule has 1 rings (SSSR count). The van der Waals surface area contributed by atoms with E-state index in [1.54, 1.807) is 6.07 Å². The molecule has 0 amide bonds. The lowest BCUT2D eigenvalue weighted by atomic mass is 10.1. The molecular formula is C10H12BrNO2. The maximum atomic E-state index is 11.2. The number of halogens is 1. The second-order valence-corrected chi connectivity index (χ2v) is 3.70. The summed E-state index contributed by atoms with van der Waals surface area (Å²) in [7, 11) is 1.36. The minimum Gasteiger partial charge on any atom is -0.465 e. The maximum Gasteiger partial charge on any atom is 0.338 e. The fraction of sp³-hybridized carbons (Fsp3) is 0.300. The molecule has 2 N–H and O–H groups in total. The van der Waals surface area contributed by atoms with Gasteiger partial charge in [-0.05, 0) is 46.6 Å². The number of nitrogens with two attached hydrogens (primary N) is 1. The lowest BCUT2D eigenvalue weighted by molar-refractivity contribution is 0.0599. The number of esters is 1. The van der Waals surface area contributed by atoms with E-state index in [-0.39, 0.29) is 5.97 Å². The average molecular weight is 258 g/mol. The molecule has 76 valence electrons. The molecular weight excluding hydrogens is 246 g/mol. The first-order valence-corrected chi connectivity index (χ1v) is 5.05. The molecule has 0 aliphatic rings. The van der Waals surface area contributed by atoms with Gasteiger partial charge in [0.25, 0.3) is 0 Å². The van der Waals surface area contributed by atoms with Gasteiger partial charge in [0, 0.05) is 4.47 Å². The molecule has 4 heteroatoms. The third-order valence-electron chi connectivity index (χ3n) is 1.87. The molecule has 0 atom stereocenters. The molecule has 14 heavy (non-hydrogen) atoms. The minimum atomic E-state index is -0.337. The molecule has 0 heterocycles. The molecule has 0 spiro atoms. The first-order chi connectivity index (χ1) is 6.69. The molecule has 1 aromatic rings. The summed E-state index contributed by atoms with van der Waals surface area (Å²) in [5, 5.41) is 0. The molecule has 0 aliphatic carbocycles. The van der Waals surface area contributed by atoms with Gasteiger partial charge in [0.2, 0.25) is 0 Å². The van der Waals surface area contributed by atoms with Crippen LogP contribution in [0.25, 0.3) is 0 Å². The molecule has 0 bridgehead atoms. The van der Waals surface area contributed by atoms with Gasteiger partial charge in [0.1, 0.15) is 0 Å². The molecule has 0 saturated heterocycles. The molecule has 0 fully saturated rings. The van der Waals surface area contributed by atoms with Crippen LogP contribution in [0.4, 0.5) is 0 Å². The molecule has 0 saturated carbocycles. The van der Waals surface area contributed by atoms with Crippen molar-refractivity contribution in [1.82, 2.24) is 0 Å². The van der Waals surface area contributed by atoms with Gasteiger partial charge in [-0.2, -0.15) is 0 Å². The van der Waals surface area contributed by atoms with Crippen molar-refractivity contribution < 1.29 is 9.53 Å². The number of benzene rings is 1. The number of carbonyl (C=O) groups is 1. The van der Waals surface area contributed by atoms with E-state index in [1.165, 1.54) is 7.11 Å². The van der Waals surface area contributed by atoms with Crippen molar-refractivity contribution in [1.29, 1.82) is 0 Å². The Bertz CT molecular complexity index is 339. The van der Waals surface area contributed by atoms with Gasteiger partial charge in [-0.15, -0.1) is 0 Å². The molecule has 3 nitrogen and oxygen atoms in total. The van der Waals surface area contributed by atoms with Crippen LogP contribution in [0.1, 0.15) is 15.9 Å². The highest BCUT2D eigenvalue weighted by atomic mass is 79.9. The van der Waals surface area contributed by atoms with Gasteiger partial charge < -0.3 is 10.5 Å². The Morgan fingerprint density at radius 2 is 2.29 bits per heavy atom. The summed E-state index contributed by atoms with van der Waals surface area (Å²) in [6.07, 6.45) is 0.806. The summed E-state index contributed by atoms with van der Waals surface area (Å²) in [4.78, 5) is 11.2. The third kappa shape index (κ3) is 2.56. The minimum absolute atomic E-state index is 0.337. The van der Waals surface area contributed by atoms with Crippen LogP contribution in [0.3, 0.4) is 0 Å². The zero-order valence-electron chi connectivity index (χ0n) is 7.92. The zero-order valence-corrected chi connectivity index (χ0v) is 9.50. The summed E-state index contributed by atoms with van der Waals surface area (Å²) in [5.74, 6) is -0.337. The summed E-state index contributed by atoms with van der Waals surface area (Å²) >= 11 is 3.32. The Balaban J connectivity index is 2.95. The van der Waals surface area contributed by atoms with Crippen LogP contribution in [0.5, 0.6) is 0 Å². The molecule has 1 aromatic carbocycles. The van der Waals surface area contributed by atoms with Crippen LogP contribution < -0.4 is 5.73 Å². The smallest absolute Gasteiger partial charge is 0.338 e. The number of rotatable bonds is 3. The Labute approximate surface area is 91.4 Å². The highest BCUT2D eigenvalue weighted by Gasteiger charge is 2.09. The fourth-order valence-electron chi connectivity index (χ4n) is 1.16. The number of hydrogen-bond donors (Lipinski definition) is 1. The standard InChI is InChI=1S/C10H12BrNO2/c1-14-10(13)8-3-2-7(4-5-12)6-9(8)11/h2-3,6H,4-5,12H2,1H3. The third-order valence-corrected chi connectivity index (χ3v) is 2.53.